The molecule has 0 saturated carbocycles. The number of amides is 1. The van der Waals surface area contributed by atoms with Crippen molar-refractivity contribution >= 4 is 17.3 Å². The van der Waals surface area contributed by atoms with Gasteiger partial charge in [0.15, 0.2) is 0 Å². The van der Waals surface area contributed by atoms with E-state index in [1.807, 2.05) is 6.07 Å². The number of benzene rings is 1. The smallest absolute Gasteiger partial charge is 0.220 e. The van der Waals surface area contributed by atoms with Crippen LogP contribution in [0.25, 0.3) is 0 Å². The van der Waals surface area contributed by atoms with E-state index in [9.17, 15) is 4.79 Å². The van der Waals surface area contributed by atoms with E-state index in [0.717, 1.165) is 48.9 Å². The van der Waals surface area contributed by atoms with Gasteiger partial charge in [-0.3, -0.25) is 4.79 Å². The minimum Gasteiger partial charge on any atom is -0.397 e. The monoisotopic (exact) mass is 317 g/mol. The number of nitrogens with zero attached hydrogens (tertiary/aromatic N) is 1. The summed E-state index contributed by atoms with van der Waals surface area (Å²) in [6.45, 7) is 9.42. The van der Waals surface area contributed by atoms with Crippen LogP contribution in [0.2, 0.25) is 0 Å². The molecule has 0 radical (unpaired) electrons. The molecule has 3 N–H and O–H groups in total. The van der Waals surface area contributed by atoms with Crippen LogP contribution in [0.4, 0.5) is 11.4 Å². The van der Waals surface area contributed by atoms with Crippen molar-refractivity contribution in [1.29, 1.82) is 0 Å². The third kappa shape index (κ3) is 5.45. The first-order valence-corrected chi connectivity index (χ1v) is 8.85. The van der Waals surface area contributed by atoms with Crippen molar-refractivity contribution < 1.29 is 4.79 Å². The zero-order valence-corrected chi connectivity index (χ0v) is 14.8. The third-order valence-corrected chi connectivity index (χ3v) is 4.56. The van der Waals surface area contributed by atoms with E-state index in [2.05, 4.69) is 43.1 Å². The van der Waals surface area contributed by atoms with Crippen LogP contribution in [-0.4, -0.2) is 25.5 Å². The second kappa shape index (κ2) is 8.23. The second-order valence-corrected chi connectivity index (χ2v) is 7.26. The van der Waals surface area contributed by atoms with Crippen LogP contribution in [0.15, 0.2) is 18.2 Å². The highest BCUT2D eigenvalue weighted by atomic mass is 16.1. The number of nitrogens with one attached hydrogen (secondary N) is 1. The van der Waals surface area contributed by atoms with Crippen molar-refractivity contribution in [3.05, 3.63) is 23.8 Å². The van der Waals surface area contributed by atoms with Gasteiger partial charge in [-0.25, -0.2) is 0 Å². The van der Waals surface area contributed by atoms with Gasteiger partial charge in [-0.15, -0.1) is 0 Å². The minimum atomic E-state index is 0.117. The van der Waals surface area contributed by atoms with E-state index < -0.39 is 0 Å². The maximum atomic E-state index is 11.8. The lowest BCUT2D eigenvalue weighted by molar-refractivity contribution is -0.121. The van der Waals surface area contributed by atoms with Gasteiger partial charge in [0.25, 0.3) is 0 Å². The fourth-order valence-electron chi connectivity index (χ4n) is 2.96. The van der Waals surface area contributed by atoms with Crippen molar-refractivity contribution in [3.8, 4) is 0 Å². The summed E-state index contributed by atoms with van der Waals surface area (Å²) < 4.78 is 0. The number of piperidine rings is 1. The Labute approximate surface area is 140 Å². The van der Waals surface area contributed by atoms with E-state index in [4.69, 9.17) is 5.73 Å². The molecule has 0 unspecified atom stereocenters. The Bertz CT molecular complexity index is 519. The van der Waals surface area contributed by atoms with Crippen LogP contribution in [0.3, 0.4) is 0 Å². The van der Waals surface area contributed by atoms with Gasteiger partial charge in [-0.05, 0) is 48.8 Å². The van der Waals surface area contributed by atoms with Crippen molar-refractivity contribution in [2.45, 2.75) is 46.5 Å². The molecule has 1 fully saturated rings. The van der Waals surface area contributed by atoms with Gasteiger partial charge in [0.2, 0.25) is 5.91 Å². The van der Waals surface area contributed by atoms with Gasteiger partial charge in [0.05, 0.1) is 11.4 Å². The molecular weight excluding hydrogens is 286 g/mol. The molecule has 0 aliphatic carbocycles. The molecule has 0 bridgehead atoms. The first-order chi connectivity index (χ1) is 11.0. The van der Waals surface area contributed by atoms with Crippen molar-refractivity contribution in [3.63, 3.8) is 0 Å². The van der Waals surface area contributed by atoms with E-state index >= 15 is 0 Å². The summed E-state index contributed by atoms with van der Waals surface area (Å²) in [7, 11) is 0. The summed E-state index contributed by atoms with van der Waals surface area (Å²) >= 11 is 0. The quantitative estimate of drug-likeness (QED) is 0.792. The molecule has 0 atom stereocenters. The highest BCUT2D eigenvalue weighted by Gasteiger charge is 2.17. The molecule has 4 nitrogen and oxygen atoms in total. The van der Waals surface area contributed by atoms with E-state index in [0.29, 0.717) is 12.3 Å². The van der Waals surface area contributed by atoms with E-state index in [1.165, 1.54) is 12.8 Å². The molecule has 1 amide bonds. The molecule has 1 aromatic carbocycles. The molecule has 1 aliphatic heterocycles. The second-order valence-electron chi connectivity index (χ2n) is 7.26. The van der Waals surface area contributed by atoms with Gasteiger partial charge in [0.1, 0.15) is 0 Å². The predicted octanol–water partition coefficient (Wildman–Crippen LogP) is 3.21. The topological polar surface area (TPSA) is 58.4 Å². The van der Waals surface area contributed by atoms with Crippen LogP contribution in [-0.2, 0) is 11.2 Å². The number of rotatable bonds is 6. The molecule has 1 aliphatic rings. The normalized spacial score (nSPS) is 15.9. The van der Waals surface area contributed by atoms with Gasteiger partial charge in [-0.2, -0.15) is 0 Å². The maximum absolute atomic E-state index is 11.8. The number of carbonyl (C=O) groups is 1. The Balaban J connectivity index is 1.88. The molecule has 1 heterocycles. The number of carbonyl (C=O) groups excluding carboxylic acids is 1. The predicted molar refractivity (Wildman–Crippen MR) is 97.6 cm³/mol. The first kappa shape index (κ1) is 17.6. The standard InChI is InChI=1S/C19H31N3O/c1-14(2)13-21-19(23)7-5-16-4-6-18(17(20)12-16)22-10-8-15(3)9-11-22/h4,6,12,14-15H,5,7-11,13,20H2,1-3H3,(H,21,23). The lowest BCUT2D eigenvalue weighted by Gasteiger charge is -2.33. The average Bonchev–Trinajstić information content (AvgIpc) is 2.52. The lowest BCUT2D eigenvalue weighted by Crippen LogP contribution is -2.33. The van der Waals surface area contributed by atoms with Gasteiger partial charge in [-0.1, -0.05) is 26.8 Å². The van der Waals surface area contributed by atoms with Crippen LogP contribution in [0.5, 0.6) is 0 Å². The number of hydrogen-bond donors (Lipinski definition) is 2. The van der Waals surface area contributed by atoms with Crippen LogP contribution in [0, 0.1) is 11.8 Å². The SMILES string of the molecule is CC(C)CNC(=O)CCc1ccc(N2CCC(C)CC2)c(N)c1. The van der Waals surface area contributed by atoms with Gasteiger partial charge < -0.3 is 16.0 Å². The summed E-state index contributed by atoms with van der Waals surface area (Å²) in [6, 6.07) is 6.26. The fraction of sp³-hybridized carbons (Fsp3) is 0.632. The molecule has 0 aromatic heterocycles. The zero-order chi connectivity index (χ0) is 16.8. The lowest BCUT2D eigenvalue weighted by atomic mass is 9.98. The largest absolute Gasteiger partial charge is 0.397 e. The number of nitrogen functional groups attached to an aromatic ring is 1. The summed E-state index contributed by atoms with van der Waals surface area (Å²) in [5.41, 5.74) is 9.36. The Morgan fingerprint density at radius 3 is 2.65 bits per heavy atom. The minimum absolute atomic E-state index is 0.117. The highest BCUT2D eigenvalue weighted by Crippen LogP contribution is 2.29. The molecule has 23 heavy (non-hydrogen) atoms. The summed E-state index contributed by atoms with van der Waals surface area (Å²) in [6.07, 6.45) is 3.73. The zero-order valence-electron chi connectivity index (χ0n) is 14.8. The summed E-state index contributed by atoms with van der Waals surface area (Å²) in [4.78, 5) is 14.2. The molecule has 1 aromatic rings. The Hall–Kier alpha value is -1.71. The molecular formula is C19H31N3O. The first-order valence-electron chi connectivity index (χ1n) is 8.85. The molecule has 2 rings (SSSR count). The Morgan fingerprint density at radius 2 is 2.04 bits per heavy atom. The number of aryl methyl sites for hydroxylation is 1. The van der Waals surface area contributed by atoms with E-state index in [1.54, 1.807) is 0 Å². The highest BCUT2D eigenvalue weighted by molar-refractivity contribution is 5.76. The van der Waals surface area contributed by atoms with Gasteiger partial charge >= 0.3 is 0 Å². The average molecular weight is 317 g/mol. The number of anilines is 2. The van der Waals surface area contributed by atoms with Gasteiger partial charge in [0, 0.05) is 26.1 Å². The van der Waals surface area contributed by atoms with Crippen molar-refractivity contribution in [2.75, 3.05) is 30.3 Å². The van der Waals surface area contributed by atoms with Crippen LogP contribution in [0.1, 0.15) is 45.6 Å². The molecule has 128 valence electrons. The third-order valence-electron chi connectivity index (χ3n) is 4.56. The number of hydrogen-bond acceptors (Lipinski definition) is 3. The fourth-order valence-corrected chi connectivity index (χ4v) is 2.96. The molecule has 0 spiro atoms. The van der Waals surface area contributed by atoms with Crippen molar-refractivity contribution in [1.82, 2.24) is 5.32 Å². The summed E-state index contributed by atoms with van der Waals surface area (Å²) in [5, 5.41) is 2.96. The summed E-state index contributed by atoms with van der Waals surface area (Å²) in [5.74, 6) is 1.42. The van der Waals surface area contributed by atoms with Crippen LogP contribution < -0.4 is 16.0 Å². The molecule has 1 saturated heterocycles. The Kier molecular flexibility index (Phi) is 6.31. The van der Waals surface area contributed by atoms with Crippen LogP contribution >= 0.6 is 0 Å². The Morgan fingerprint density at radius 1 is 1.35 bits per heavy atom. The molecule has 4 heteroatoms. The number of nitrogens with two attached hydrogens (primary N) is 1. The maximum Gasteiger partial charge on any atom is 0.220 e. The van der Waals surface area contributed by atoms with Crippen molar-refractivity contribution in [2.24, 2.45) is 11.8 Å². The van der Waals surface area contributed by atoms with E-state index in [-0.39, 0.29) is 5.91 Å².